The number of methoxy groups -OCH3 is 1. The van der Waals surface area contributed by atoms with E-state index in [-0.39, 0.29) is 12.3 Å². The lowest BCUT2D eigenvalue weighted by molar-refractivity contribution is -0.384. The molecule has 1 N–H and O–H groups in total. The zero-order valence-corrected chi connectivity index (χ0v) is 18.3. The maximum atomic E-state index is 11.9. The molecule has 0 aliphatic rings. The summed E-state index contributed by atoms with van der Waals surface area (Å²) in [5, 5.41) is 15.0. The van der Waals surface area contributed by atoms with Crippen molar-refractivity contribution in [2.75, 3.05) is 13.7 Å². The molecule has 31 heavy (non-hydrogen) atoms. The van der Waals surface area contributed by atoms with Crippen LogP contribution in [0.5, 0.6) is 11.5 Å². The van der Waals surface area contributed by atoms with Gasteiger partial charge >= 0.3 is 0 Å². The number of furan rings is 1. The number of hydrogen-bond acceptors (Lipinski definition) is 7. The van der Waals surface area contributed by atoms with E-state index in [0.29, 0.717) is 32.5 Å². The first-order valence-electron chi connectivity index (χ1n) is 8.70. The Bertz CT molecular complexity index is 1150. The van der Waals surface area contributed by atoms with Gasteiger partial charge in [0.2, 0.25) is 0 Å². The van der Waals surface area contributed by atoms with Crippen molar-refractivity contribution in [3.63, 3.8) is 0 Å². The summed E-state index contributed by atoms with van der Waals surface area (Å²) in [6.07, 6.45) is 1.34. The molecular weight excluding hydrogens is 494 g/mol. The maximum Gasteiger partial charge on any atom is 0.277 e. The summed E-state index contributed by atoms with van der Waals surface area (Å²) in [6.45, 7) is -0.332. The van der Waals surface area contributed by atoms with Gasteiger partial charge in [0.15, 0.2) is 6.61 Å². The number of non-ortho nitro benzene ring substituents is 1. The Kier molecular flexibility index (Phi) is 7.27. The molecule has 0 spiro atoms. The summed E-state index contributed by atoms with van der Waals surface area (Å²) >= 11 is 9.29. The lowest BCUT2D eigenvalue weighted by atomic mass is 10.2. The van der Waals surface area contributed by atoms with Crippen LogP contribution < -0.4 is 14.9 Å². The number of halogens is 2. The third-order valence-electron chi connectivity index (χ3n) is 3.93. The van der Waals surface area contributed by atoms with Gasteiger partial charge in [-0.25, -0.2) is 5.43 Å². The van der Waals surface area contributed by atoms with Crippen LogP contribution in [0.4, 0.5) is 5.69 Å². The number of amides is 1. The van der Waals surface area contributed by atoms with Gasteiger partial charge in [-0.2, -0.15) is 5.10 Å². The SMILES string of the molecule is COc1ccc(-c2ccc(C=NNC(=O)COc3ccc([N+](=O)[O-])cc3Br)o2)cc1Cl. The number of carbonyl (C=O) groups is 1. The van der Waals surface area contributed by atoms with E-state index >= 15 is 0 Å². The van der Waals surface area contributed by atoms with Crippen LogP contribution in [0, 0.1) is 10.1 Å². The van der Waals surface area contributed by atoms with Crippen LogP contribution in [0.25, 0.3) is 11.3 Å². The van der Waals surface area contributed by atoms with Crippen molar-refractivity contribution in [3.05, 3.63) is 73.9 Å². The predicted octanol–water partition coefficient (Wildman–Crippen LogP) is 4.81. The smallest absolute Gasteiger partial charge is 0.277 e. The standard InChI is InChI=1S/C20H15BrClN3O6/c1-29-19-5-2-12(8-16(19)22)17-7-4-14(31-17)10-23-24-20(26)11-30-18-6-3-13(25(27)28)9-15(18)21/h2-10H,11H2,1H3,(H,24,26). The first-order valence-corrected chi connectivity index (χ1v) is 9.87. The molecule has 0 saturated heterocycles. The second-order valence-corrected chi connectivity index (χ2v) is 7.27. The first-order chi connectivity index (χ1) is 14.9. The minimum Gasteiger partial charge on any atom is -0.495 e. The largest absolute Gasteiger partial charge is 0.495 e. The van der Waals surface area contributed by atoms with Gasteiger partial charge in [-0.15, -0.1) is 0 Å². The molecule has 3 rings (SSSR count). The maximum absolute atomic E-state index is 11.9. The Morgan fingerprint density at radius 1 is 1.26 bits per heavy atom. The Hall–Kier alpha value is -3.37. The zero-order chi connectivity index (χ0) is 22.4. The number of nitrogens with zero attached hydrogens (tertiary/aromatic N) is 2. The van der Waals surface area contributed by atoms with Gasteiger partial charge in [0, 0.05) is 17.7 Å². The molecule has 1 amide bonds. The number of benzene rings is 2. The van der Waals surface area contributed by atoms with Crippen LogP contribution in [0.2, 0.25) is 5.02 Å². The Morgan fingerprint density at radius 3 is 2.71 bits per heavy atom. The molecule has 3 aromatic rings. The van der Waals surface area contributed by atoms with E-state index in [2.05, 4.69) is 26.5 Å². The molecule has 160 valence electrons. The van der Waals surface area contributed by atoms with Crippen LogP contribution in [-0.4, -0.2) is 30.8 Å². The van der Waals surface area contributed by atoms with E-state index in [1.807, 2.05) is 0 Å². The number of hydrazone groups is 1. The van der Waals surface area contributed by atoms with Gasteiger partial charge in [-0.05, 0) is 52.3 Å². The highest BCUT2D eigenvalue weighted by Gasteiger charge is 2.11. The molecule has 0 unspecified atom stereocenters. The minimum atomic E-state index is -0.529. The minimum absolute atomic E-state index is 0.0944. The molecule has 0 aliphatic carbocycles. The van der Waals surface area contributed by atoms with E-state index in [1.165, 1.54) is 31.5 Å². The van der Waals surface area contributed by atoms with Gasteiger partial charge in [-0.3, -0.25) is 14.9 Å². The quantitative estimate of drug-likeness (QED) is 0.265. The van der Waals surface area contributed by atoms with Crippen LogP contribution in [0.3, 0.4) is 0 Å². The first kappa shape index (κ1) is 22.3. The van der Waals surface area contributed by atoms with Gasteiger partial charge < -0.3 is 13.9 Å². The van der Waals surface area contributed by atoms with Crippen LogP contribution in [0.1, 0.15) is 5.76 Å². The topological polar surface area (TPSA) is 116 Å². The summed E-state index contributed by atoms with van der Waals surface area (Å²) in [4.78, 5) is 22.1. The van der Waals surface area contributed by atoms with Crippen molar-refractivity contribution in [1.82, 2.24) is 5.43 Å². The molecule has 9 nitrogen and oxygen atoms in total. The highest BCUT2D eigenvalue weighted by atomic mass is 79.9. The number of hydrogen-bond donors (Lipinski definition) is 1. The summed E-state index contributed by atoms with van der Waals surface area (Å²) in [7, 11) is 1.53. The van der Waals surface area contributed by atoms with Crippen molar-refractivity contribution < 1.29 is 23.6 Å². The summed E-state index contributed by atoms with van der Waals surface area (Å²) < 4.78 is 16.5. The Morgan fingerprint density at radius 2 is 2.03 bits per heavy atom. The van der Waals surface area contributed by atoms with Crippen molar-refractivity contribution in [3.8, 4) is 22.8 Å². The van der Waals surface area contributed by atoms with Crippen molar-refractivity contribution in [2.45, 2.75) is 0 Å². The number of nitro groups is 1. The van der Waals surface area contributed by atoms with E-state index in [9.17, 15) is 14.9 Å². The van der Waals surface area contributed by atoms with Crippen LogP contribution >= 0.6 is 27.5 Å². The Labute approximate surface area is 189 Å². The third kappa shape index (κ3) is 5.83. The number of nitrogens with one attached hydrogen (secondary N) is 1. The van der Waals surface area contributed by atoms with E-state index in [0.717, 1.165) is 5.56 Å². The summed E-state index contributed by atoms with van der Waals surface area (Å²) in [5.74, 6) is 1.32. The second-order valence-electron chi connectivity index (χ2n) is 6.01. The second kappa shape index (κ2) is 10.1. The summed E-state index contributed by atoms with van der Waals surface area (Å²) in [5.41, 5.74) is 2.97. The number of nitro benzene ring substituents is 1. The molecule has 1 aromatic heterocycles. The molecule has 2 aromatic carbocycles. The third-order valence-corrected chi connectivity index (χ3v) is 4.84. The summed E-state index contributed by atoms with van der Waals surface area (Å²) in [6, 6.07) is 12.7. The monoisotopic (exact) mass is 507 g/mol. The molecule has 0 bridgehead atoms. The molecule has 0 saturated carbocycles. The molecule has 0 atom stereocenters. The van der Waals surface area contributed by atoms with Crippen molar-refractivity contribution in [2.24, 2.45) is 5.10 Å². The number of rotatable bonds is 8. The van der Waals surface area contributed by atoms with E-state index < -0.39 is 10.8 Å². The average Bonchev–Trinajstić information content (AvgIpc) is 3.21. The predicted molar refractivity (Wildman–Crippen MR) is 118 cm³/mol. The van der Waals surface area contributed by atoms with Gasteiger partial charge in [-0.1, -0.05) is 11.6 Å². The van der Waals surface area contributed by atoms with Gasteiger partial charge in [0.25, 0.3) is 11.6 Å². The molecule has 11 heteroatoms. The fourth-order valence-electron chi connectivity index (χ4n) is 2.46. The molecule has 0 radical (unpaired) electrons. The highest BCUT2D eigenvalue weighted by Crippen LogP contribution is 2.31. The van der Waals surface area contributed by atoms with E-state index in [4.69, 9.17) is 25.5 Å². The zero-order valence-electron chi connectivity index (χ0n) is 16.0. The highest BCUT2D eigenvalue weighted by molar-refractivity contribution is 9.10. The average molecular weight is 509 g/mol. The molecule has 1 heterocycles. The Balaban J connectivity index is 1.53. The number of carbonyl (C=O) groups excluding carboxylic acids is 1. The van der Waals surface area contributed by atoms with Crippen LogP contribution in [0.15, 0.2) is 62.5 Å². The lowest BCUT2D eigenvalue weighted by Crippen LogP contribution is -2.24. The normalized spacial score (nSPS) is 10.8. The van der Waals surface area contributed by atoms with Crippen LogP contribution in [-0.2, 0) is 4.79 Å². The fourth-order valence-corrected chi connectivity index (χ4v) is 3.20. The van der Waals surface area contributed by atoms with Crippen molar-refractivity contribution in [1.29, 1.82) is 0 Å². The van der Waals surface area contributed by atoms with E-state index in [1.54, 1.807) is 30.3 Å². The fraction of sp³-hybridized carbons (Fsp3) is 0.100. The van der Waals surface area contributed by atoms with Gasteiger partial charge in [0.1, 0.15) is 23.0 Å². The van der Waals surface area contributed by atoms with Gasteiger partial charge in [0.05, 0.1) is 27.7 Å². The molecule has 0 fully saturated rings. The molecule has 0 aliphatic heterocycles. The number of ether oxygens (including phenoxy) is 2. The molecular formula is C20H15BrClN3O6. The van der Waals surface area contributed by atoms with Crippen molar-refractivity contribution >= 4 is 45.3 Å². The lowest BCUT2D eigenvalue weighted by Gasteiger charge is -2.06.